The van der Waals surface area contributed by atoms with Crippen LogP contribution in [0.15, 0.2) is 35.3 Å². The Kier molecular flexibility index (Phi) is 7.45. The number of para-hydroxylation sites is 1. The molecule has 1 N–H and O–H groups in total. The number of carbonyl (C=O) groups is 1. The SMILES string of the molecule is CN=C(NCC1CCN(C(=O)OC(C)(C)C)CC1)N1CCN(c2ccccc2)CC1. The van der Waals surface area contributed by atoms with E-state index >= 15 is 0 Å². The topological polar surface area (TPSA) is 60.4 Å². The van der Waals surface area contributed by atoms with Gasteiger partial charge in [0.05, 0.1) is 0 Å². The summed E-state index contributed by atoms with van der Waals surface area (Å²) < 4.78 is 5.49. The lowest BCUT2D eigenvalue weighted by Crippen LogP contribution is -2.53. The Labute approximate surface area is 181 Å². The van der Waals surface area contributed by atoms with Gasteiger partial charge in [-0.1, -0.05) is 18.2 Å². The molecule has 2 saturated heterocycles. The molecule has 0 atom stereocenters. The summed E-state index contributed by atoms with van der Waals surface area (Å²) in [5.41, 5.74) is 0.851. The number of carbonyl (C=O) groups excluding carboxylic acids is 1. The molecule has 1 amide bonds. The molecular formula is C23H37N5O2. The molecule has 166 valence electrons. The third-order valence-electron chi connectivity index (χ3n) is 5.73. The number of nitrogens with zero attached hydrogens (tertiary/aromatic N) is 4. The van der Waals surface area contributed by atoms with Gasteiger partial charge in [-0.05, 0) is 51.7 Å². The molecule has 0 saturated carbocycles. The lowest BCUT2D eigenvalue weighted by Gasteiger charge is -2.38. The van der Waals surface area contributed by atoms with Crippen molar-refractivity contribution in [2.75, 3.05) is 57.8 Å². The Bertz CT molecular complexity index is 700. The zero-order chi connectivity index (χ0) is 21.6. The number of piperazine rings is 1. The molecule has 0 spiro atoms. The molecule has 7 nitrogen and oxygen atoms in total. The monoisotopic (exact) mass is 415 g/mol. The van der Waals surface area contributed by atoms with Gasteiger partial charge in [-0.2, -0.15) is 0 Å². The van der Waals surface area contributed by atoms with E-state index in [0.29, 0.717) is 5.92 Å². The zero-order valence-electron chi connectivity index (χ0n) is 18.9. The summed E-state index contributed by atoms with van der Waals surface area (Å²) in [6.45, 7) is 12.1. The highest BCUT2D eigenvalue weighted by atomic mass is 16.6. The summed E-state index contributed by atoms with van der Waals surface area (Å²) in [5, 5.41) is 3.57. The molecule has 2 fully saturated rings. The van der Waals surface area contributed by atoms with E-state index in [2.05, 4.69) is 50.4 Å². The van der Waals surface area contributed by atoms with Crippen molar-refractivity contribution in [3.05, 3.63) is 30.3 Å². The first-order chi connectivity index (χ1) is 14.4. The van der Waals surface area contributed by atoms with Crippen LogP contribution in [0, 0.1) is 5.92 Å². The number of anilines is 1. The minimum absolute atomic E-state index is 0.194. The first kappa shape index (κ1) is 22.2. The zero-order valence-corrected chi connectivity index (χ0v) is 18.9. The normalized spacial score (nSPS) is 19.1. The summed E-state index contributed by atoms with van der Waals surface area (Å²) in [5.74, 6) is 1.53. The largest absolute Gasteiger partial charge is 0.444 e. The van der Waals surface area contributed by atoms with Crippen LogP contribution >= 0.6 is 0 Å². The van der Waals surface area contributed by atoms with Crippen molar-refractivity contribution in [2.24, 2.45) is 10.9 Å². The number of rotatable bonds is 3. The predicted molar refractivity (Wildman–Crippen MR) is 122 cm³/mol. The Hall–Kier alpha value is -2.44. The summed E-state index contributed by atoms with van der Waals surface area (Å²) in [6, 6.07) is 10.6. The first-order valence-electron chi connectivity index (χ1n) is 11.1. The summed E-state index contributed by atoms with van der Waals surface area (Å²) >= 11 is 0. The van der Waals surface area contributed by atoms with Crippen molar-refractivity contribution in [1.82, 2.24) is 15.1 Å². The highest BCUT2D eigenvalue weighted by Crippen LogP contribution is 2.20. The lowest BCUT2D eigenvalue weighted by molar-refractivity contribution is 0.0185. The third kappa shape index (κ3) is 6.28. The number of hydrogen-bond acceptors (Lipinski definition) is 4. The average Bonchev–Trinajstić information content (AvgIpc) is 2.74. The van der Waals surface area contributed by atoms with Gasteiger partial charge in [-0.15, -0.1) is 0 Å². The van der Waals surface area contributed by atoms with Crippen LogP contribution in [0.1, 0.15) is 33.6 Å². The van der Waals surface area contributed by atoms with Crippen LogP contribution in [-0.2, 0) is 4.74 Å². The minimum atomic E-state index is -0.438. The molecule has 2 aliphatic rings. The van der Waals surface area contributed by atoms with Gasteiger partial charge in [-0.25, -0.2) is 4.79 Å². The second-order valence-corrected chi connectivity index (χ2v) is 9.15. The van der Waals surface area contributed by atoms with Gasteiger partial charge in [0.25, 0.3) is 0 Å². The summed E-state index contributed by atoms with van der Waals surface area (Å²) in [6.07, 6.45) is 1.79. The maximum Gasteiger partial charge on any atom is 0.410 e. The van der Waals surface area contributed by atoms with Crippen molar-refractivity contribution >= 4 is 17.7 Å². The van der Waals surface area contributed by atoms with Crippen molar-refractivity contribution in [2.45, 2.75) is 39.2 Å². The Morgan fingerprint density at radius 3 is 2.23 bits per heavy atom. The standard InChI is InChI=1S/C23H37N5O2/c1-23(2,3)30-22(29)28-12-10-19(11-13-28)18-25-21(24-4)27-16-14-26(15-17-27)20-8-6-5-7-9-20/h5-9,19H,10-18H2,1-4H3,(H,24,25). The maximum absolute atomic E-state index is 12.2. The molecule has 0 radical (unpaired) electrons. The highest BCUT2D eigenvalue weighted by Gasteiger charge is 2.27. The van der Waals surface area contributed by atoms with Crippen LogP contribution in [-0.4, -0.2) is 80.3 Å². The minimum Gasteiger partial charge on any atom is -0.444 e. The van der Waals surface area contributed by atoms with Crippen LogP contribution in [0.4, 0.5) is 10.5 Å². The molecule has 7 heteroatoms. The molecule has 3 rings (SSSR count). The number of aliphatic imine (C=N–C) groups is 1. The predicted octanol–water partition coefficient (Wildman–Crippen LogP) is 3.03. The van der Waals surface area contributed by atoms with Crippen LogP contribution in [0.2, 0.25) is 0 Å². The molecule has 2 heterocycles. The smallest absolute Gasteiger partial charge is 0.410 e. The molecule has 30 heavy (non-hydrogen) atoms. The Morgan fingerprint density at radius 2 is 1.67 bits per heavy atom. The number of amides is 1. The number of nitrogens with one attached hydrogen (secondary N) is 1. The van der Waals surface area contributed by atoms with Crippen molar-refractivity contribution < 1.29 is 9.53 Å². The van der Waals surface area contributed by atoms with E-state index < -0.39 is 5.60 Å². The second kappa shape index (κ2) is 10.0. The van der Waals surface area contributed by atoms with E-state index in [9.17, 15) is 4.79 Å². The summed E-state index contributed by atoms with van der Waals surface area (Å²) in [4.78, 5) is 23.3. The van der Waals surface area contributed by atoms with Gasteiger partial charge in [0.15, 0.2) is 5.96 Å². The molecule has 2 aliphatic heterocycles. The van der Waals surface area contributed by atoms with E-state index in [0.717, 1.165) is 64.6 Å². The molecule has 0 aromatic heterocycles. The molecule has 1 aromatic carbocycles. The first-order valence-corrected chi connectivity index (χ1v) is 11.1. The average molecular weight is 416 g/mol. The van der Waals surface area contributed by atoms with E-state index in [4.69, 9.17) is 4.74 Å². The van der Waals surface area contributed by atoms with Gasteiger partial charge < -0.3 is 24.8 Å². The van der Waals surface area contributed by atoms with Crippen LogP contribution < -0.4 is 10.2 Å². The molecule has 0 bridgehead atoms. The third-order valence-corrected chi connectivity index (χ3v) is 5.73. The number of benzene rings is 1. The van der Waals surface area contributed by atoms with Gasteiger partial charge in [-0.3, -0.25) is 4.99 Å². The van der Waals surface area contributed by atoms with Gasteiger partial charge >= 0.3 is 6.09 Å². The fourth-order valence-electron chi connectivity index (χ4n) is 4.03. The van der Waals surface area contributed by atoms with Crippen molar-refractivity contribution in [3.8, 4) is 0 Å². The highest BCUT2D eigenvalue weighted by molar-refractivity contribution is 5.80. The van der Waals surface area contributed by atoms with E-state index in [1.54, 1.807) is 0 Å². The second-order valence-electron chi connectivity index (χ2n) is 9.15. The molecule has 1 aromatic rings. The number of likely N-dealkylation sites (tertiary alicyclic amines) is 1. The molecular weight excluding hydrogens is 378 g/mol. The van der Waals surface area contributed by atoms with Crippen LogP contribution in [0.5, 0.6) is 0 Å². The fourth-order valence-corrected chi connectivity index (χ4v) is 4.03. The number of ether oxygens (including phenoxy) is 1. The summed E-state index contributed by atoms with van der Waals surface area (Å²) in [7, 11) is 1.86. The van der Waals surface area contributed by atoms with Gasteiger partial charge in [0.1, 0.15) is 5.60 Å². The van der Waals surface area contributed by atoms with Crippen LogP contribution in [0.25, 0.3) is 0 Å². The van der Waals surface area contributed by atoms with E-state index in [1.807, 2.05) is 32.7 Å². The van der Waals surface area contributed by atoms with E-state index in [1.165, 1.54) is 5.69 Å². The molecule has 0 unspecified atom stereocenters. The Morgan fingerprint density at radius 1 is 1.03 bits per heavy atom. The van der Waals surface area contributed by atoms with Crippen molar-refractivity contribution in [3.63, 3.8) is 0 Å². The number of guanidine groups is 1. The maximum atomic E-state index is 12.2. The van der Waals surface area contributed by atoms with Crippen LogP contribution in [0.3, 0.4) is 0 Å². The quantitative estimate of drug-likeness (QED) is 0.607. The lowest BCUT2D eigenvalue weighted by atomic mass is 9.97. The van der Waals surface area contributed by atoms with Crippen molar-refractivity contribution in [1.29, 1.82) is 0 Å². The van der Waals surface area contributed by atoms with E-state index in [-0.39, 0.29) is 6.09 Å². The molecule has 0 aliphatic carbocycles. The van der Waals surface area contributed by atoms with Gasteiger partial charge in [0.2, 0.25) is 0 Å². The Balaban J connectivity index is 1.40. The van der Waals surface area contributed by atoms with Gasteiger partial charge in [0, 0.05) is 58.5 Å². The fraction of sp³-hybridized carbons (Fsp3) is 0.652. The number of piperidine rings is 1. The number of hydrogen-bond donors (Lipinski definition) is 1.